The van der Waals surface area contributed by atoms with Crippen molar-refractivity contribution in [2.45, 2.75) is 56.7 Å². The van der Waals surface area contributed by atoms with E-state index in [1.807, 2.05) is 0 Å². The zero-order valence-electron chi connectivity index (χ0n) is 13.2. The van der Waals surface area contributed by atoms with Crippen molar-refractivity contribution < 1.29 is 14.3 Å². The Labute approximate surface area is 131 Å². The van der Waals surface area contributed by atoms with Gasteiger partial charge in [0.15, 0.2) is 0 Å². The number of carbonyl (C=O) groups excluding carboxylic acids is 1. The van der Waals surface area contributed by atoms with Gasteiger partial charge < -0.3 is 9.47 Å². The van der Waals surface area contributed by atoms with Crippen LogP contribution in [0.1, 0.15) is 49.7 Å². The topological polar surface area (TPSA) is 38.8 Å². The first-order valence-corrected chi connectivity index (χ1v) is 8.48. The first kappa shape index (κ1) is 13.1. The highest BCUT2D eigenvalue weighted by atomic mass is 16.6. The predicted molar refractivity (Wildman–Crippen MR) is 82.1 cm³/mol. The molecule has 5 atom stereocenters. The highest BCUT2D eigenvalue weighted by Crippen LogP contribution is 2.71. The van der Waals surface area contributed by atoms with Gasteiger partial charge in [0.2, 0.25) is 0 Å². The number of aryl methyl sites for hydroxylation is 1. The molecule has 3 heteroatoms. The number of Topliss-reactive ketones (excluding diaryl/α,β-unsaturated/α-hetero) is 1. The molecule has 1 aromatic rings. The standard InChI is InChI=1S/C19H22O3/c1-18-8-7-14-13-5-4-12(21-2)9-11(13)3-6-15(14)19(18)17(22-19)10-16(18)20/h4-5,9,14-15,17H,3,6-8,10H2,1-2H3/t14-,15-,17-,18-,19-/m1/s1. The van der Waals surface area contributed by atoms with Crippen LogP contribution in [0.4, 0.5) is 0 Å². The Morgan fingerprint density at radius 2 is 2.18 bits per heavy atom. The van der Waals surface area contributed by atoms with Gasteiger partial charge in [0.1, 0.15) is 17.1 Å². The molecule has 1 heterocycles. The highest BCUT2D eigenvalue weighted by molar-refractivity contribution is 5.91. The van der Waals surface area contributed by atoms with Crippen LogP contribution < -0.4 is 4.74 Å². The average molecular weight is 298 g/mol. The van der Waals surface area contributed by atoms with Crippen molar-refractivity contribution in [3.63, 3.8) is 0 Å². The summed E-state index contributed by atoms with van der Waals surface area (Å²) in [5.74, 6) is 2.47. The largest absolute Gasteiger partial charge is 0.497 e. The SMILES string of the molecule is COc1ccc2c(c1)CC[C@@H]1[C@@H]2CC[C@]2(C)C(=O)C[C@H]3O[C@]132. The summed E-state index contributed by atoms with van der Waals surface area (Å²) in [4.78, 5) is 12.5. The van der Waals surface area contributed by atoms with E-state index in [9.17, 15) is 4.79 Å². The molecule has 5 rings (SSSR count). The second kappa shape index (κ2) is 3.94. The number of fused-ring (bicyclic) bond motifs is 3. The number of benzene rings is 1. The molecule has 0 amide bonds. The van der Waals surface area contributed by atoms with E-state index in [-0.39, 0.29) is 17.1 Å². The van der Waals surface area contributed by atoms with Crippen molar-refractivity contribution in [2.24, 2.45) is 11.3 Å². The smallest absolute Gasteiger partial charge is 0.144 e. The van der Waals surface area contributed by atoms with Crippen molar-refractivity contribution >= 4 is 5.78 Å². The summed E-state index contributed by atoms with van der Waals surface area (Å²) in [7, 11) is 1.73. The lowest BCUT2D eigenvalue weighted by Crippen LogP contribution is -2.51. The number of hydrogen-bond donors (Lipinski definition) is 0. The average Bonchev–Trinajstić information content (AvgIpc) is 3.19. The molecular weight excluding hydrogens is 276 g/mol. The molecule has 22 heavy (non-hydrogen) atoms. The molecule has 0 bridgehead atoms. The number of methoxy groups -OCH3 is 1. The van der Waals surface area contributed by atoms with Crippen LogP contribution in [-0.2, 0) is 16.0 Å². The fourth-order valence-corrected chi connectivity index (χ4v) is 5.89. The van der Waals surface area contributed by atoms with Crippen molar-refractivity contribution in [1.29, 1.82) is 0 Å². The van der Waals surface area contributed by atoms with Gasteiger partial charge in [0, 0.05) is 6.42 Å². The number of ketones is 1. The van der Waals surface area contributed by atoms with Crippen molar-refractivity contribution in [2.75, 3.05) is 7.11 Å². The molecule has 1 aliphatic heterocycles. The van der Waals surface area contributed by atoms with Gasteiger partial charge in [-0.15, -0.1) is 0 Å². The first-order valence-electron chi connectivity index (χ1n) is 8.48. The maximum Gasteiger partial charge on any atom is 0.144 e. The van der Waals surface area contributed by atoms with Crippen LogP contribution in [0.2, 0.25) is 0 Å². The molecule has 0 aromatic heterocycles. The molecule has 0 radical (unpaired) electrons. The minimum Gasteiger partial charge on any atom is -0.497 e. The predicted octanol–water partition coefficient (Wildman–Crippen LogP) is 3.25. The normalized spacial score (nSPS) is 44.6. The number of ether oxygens (including phenoxy) is 2. The molecule has 1 aromatic carbocycles. The van der Waals surface area contributed by atoms with Gasteiger partial charge >= 0.3 is 0 Å². The summed E-state index contributed by atoms with van der Waals surface area (Å²) in [5, 5.41) is 0. The maximum absolute atomic E-state index is 12.5. The van der Waals surface area contributed by atoms with Gasteiger partial charge in [0.05, 0.1) is 18.6 Å². The minimum absolute atomic E-state index is 0.134. The van der Waals surface area contributed by atoms with Crippen molar-refractivity contribution in [1.82, 2.24) is 0 Å². The van der Waals surface area contributed by atoms with Crippen LogP contribution in [0.25, 0.3) is 0 Å². The number of epoxide rings is 1. The van der Waals surface area contributed by atoms with Crippen LogP contribution in [0.15, 0.2) is 18.2 Å². The van der Waals surface area contributed by atoms with Crippen LogP contribution in [0, 0.1) is 11.3 Å². The summed E-state index contributed by atoms with van der Waals surface area (Å²) in [5.41, 5.74) is 2.55. The van der Waals surface area contributed by atoms with E-state index in [0.29, 0.717) is 24.0 Å². The molecule has 3 nitrogen and oxygen atoms in total. The molecule has 116 valence electrons. The summed E-state index contributed by atoms with van der Waals surface area (Å²) in [6, 6.07) is 6.53. The van der Waals surface area contributed by atoms with E-state index >= 15 is 0 Å². The number of rotatable bonds is 1. The molecule has 1 saturated heterocycles. The summed E-state index contributed by atoms with van der Waals surface area (Å²) >= 11 is 0. The Kier molecular flexibility index (Phi) is 2.35. The van der Waals surface area contributed by atoms with Crippen LogP contribution in [-0.4, -0.2) is 24.6 Å². The zero-order chi connectivity index (χ0) is 15.1. The zero-order valence-corrected chi connectivity index (χ0v) is 13.2. The molecular formula is C19H22O3. The maximum atomic E-state index is 12.5. The van der Waals surface area contributed by atoms with E-state index in [0.717, 1.165) is 31.4 Å². The quantitative estimate of drug-likeness (QED) is 0.747. The summed E-state index contributed by atoms with van der Waals surface area (Å²) in [6.07, 6.45) is 5.17. The van der Waals surface area contributed by atoms with Gasteiger partial charge in [0.25, 0.3) is 0 Å². The van der Waals surface area contributed by atoms with Crippen LogP contribution in [0.5, 0.6) is 5.75 Å². The minimum atomic E-state index is -0.219. The van der Waals surface area contributed by atoms with E-state index in [4.69, 9.17) is 9.47 Å². The number of hydrogen-bond acceptors (Lipinski definition) is 3. The fourth-order valence-electron chi connectivity index (χ4n) is 5.89. The van der Waals surface area contributed by atoms with E-state index in [2.05, 4.69) is 25.1 Å². The molecule has 3 fully saturated rings. The Bertz CT molecular complexity index is 681. The Balaban J connectivity index is 1.58. The molecule has 1 spiro atoms. The molecule has 4 aliphatic rings. The lowest BCUT2D eigenvalue weighted by Gasteiger charge is -2.48. The third-order valence-corrected chi connectivity index (χ3v) is 7.07. The van der Waals surface area contributed by atoms with Gasteiger partial charge in [-0.25, -0.2) is 0 Å². The monoisotopic (exact) mass is 298 g/mol. The third kappa shape index (κ3) is 1.31. The van der Waals surface area contributed by atoms with Gasteiger partial charge in [-0.1, -0.05) is 6.07 Å². The first-order chi connectivity index (χ1) is 10.6. The van der Waals surface area contributed by atoms with Gasteiger partial charge in [-0.3, -0.25) is 4.79 Å². The Hall–Kier alpha value is -1.35. The Morgan fingerprint density at radius 1 is 1.32 bits per heavy atom. The summed E-state index contributed by atoms with van der Waals surface area (Å²) < 4.78 is 11.6. The molecule has 0 N–H and O–H groups in total. The van der Waals surface area contributed by atoms with Gasteiger partial charge in [-0.05, 0) is 67.7 Å². The second-order valence-corrected chi connectivity index (χ2v) is 7.71. The molecule has 2 saturated carbocycles. The van der Waals surface area contributed by atoms with E-state index < -0.39 is 0 Å². The van der Waals surface area contributed by atoms with Crippen molar-refractivity contribution in [3.8, 4) is 5.75 Å². The van der Waals surface area contributed by atoms with E-state index in [1.165, 1.54) is 11.1 Å². The fraction of sp³-hybridized carbons (Fsp3) is 0.632. The lowest BCUT2D eigenvalue weighted by molar-refractivity contribution is -0.136. The molecule has 0 unspecified atom stereocenters. The van der Waals surface area contributed by atoms with Gasteiger partial charge in [-0.2, -0.15) is 0 Å². The van der Waals surface area contributed by atoms with Crippen LogP contribution >= 0.6 is 0 Å². The lowest BCUT2D eigenvalue weighted by atomic mass is 9.55. The second-order valence-electron chi connectivity index (χ2n) is 7.71. The summed E-state index contributed by atoms with van der Waals surface area (Å²) in [6.45, 7) is 2.17. The Morgan fingerprint density at radius 3 is 3.00 bits per heavy atom. The van der Waals surface area contributed by atoms with Crippen LogP contribution in [0.3, 0.4) is 0 Å². The van der Waals surface area contributed by atoms with E-state index in [1.54, 1.807) is 7.11 Å². The highest BCUT2D eigenvalue weighted by Gasteiger charge is 2.79. The van der Waals surface area contributed by atoms with Crippen molar-refractivity contribution in [3.05, 3.63) is 29.3 Å². The molecule has 3 aliphatic carbocycles. The third-order valence-electron chi connectivity index (χ3n) is 7.07. The number of carbonyl (C=O) groups is 1.